The van der Waals surface area contributed by atoms with Gasteiger partial charge in [0.15, 0.2) is 0 Å². The van der Waals surface area contributed by atoms with E-state index in [1.807, 2.05) is 44.0 Å². The van der Waals surface area contributed by atoms with E-state index in [0.717, 1.165) is 29.2 Å². The predicted molar refractivity (Wildman–Crippen MR) is 67.9 cm³/mol. The third-order valence-electron chi connectivity index (χ3n) is 2.94. The summed E-state index contributed by atoms with van der Waals surface area (Å²) in [6.07, 6.45) is 2.88. The fourth-order valence-corrected chi connectivity index (χ4v) is 1.88. The van der Waals surface area contributed by atoms with Gasteiger partial charge in [0.1, 0.15) is 11.5 Å². The van der Waals surface area contributed by atoms with Crippen molar-refractivity contribution < 1.29 is 4.42 Å². The normalized spacial score (nSPS) is 12.9. The minimum Gasteiger partial charge on any atom is -0.461 e. The van der Waals surface area contributed by atoms with Crippen molar-refractivity contribution in [2.75, 3.05) is 7.05 Å². The lowest BCUT2D eigenvalue weighted by molar-refractivity contribution is 0.481. The Hall–Kier alpha value is -1.55. The van der Waals surface area contributed by atoms with Crippen LogP contribution >= 0.6 is 0 Å². The van der Waals surface area contributed by atoms with E-state index in [-0.39, 0.29) is 0 Å². The van der Waals surface area contributed by atoms with Crippen molar-refractivity contribution in [3.63, 3.8) is 0 Å². The van der Waals surface area contributed by atoms with Crippen molar-refractivity contribution in [2.45, 2.75) is 26.3 Å². The highest BCUT2D eigenvalue weighted by Gasteiger charge is 2.11. The molecule has 17 heavy (non-hydrogen) atoms. The Bertz CT molecular complexity index is 498. The van der Waals surface area contributed by atoms with Crippen LogP contribution in [0.3, 0.4) is 0 Å². The maximum absolute atomic E-state index is 5.84. The summed E-state index contributed by atoms with van der Waals surface area (Å²) < 4.78 is 7.65. The van der Waals surface area contributed by atoms with Crippen LogP contribution < -0.4 is 5.32 Å². The molecule has 1 unspecified atom stereocenters. The molecule has 2 aromatic rings. The number of likely N-dealkylation sites (N-methyl/N-ethyl adjacent to an activating group) is 1. The van der Waals surface area contributed by atoms with Crippen LogP contribution in [0.15, 0.2) is 22.7 Å². The molecule has 2 aromatic heterocycles. The summed E-state index contributed by atoms with van der Waals surface area (Å²) in [5.74, 6) is 1.90. The summed E-state index contributed by atoms with van der Waals surface area (Å²) in [7, 11) is 3.88. The molecule has 0 amide bonds. The minimum atomic E-state index is 0.420. The molecule has 0 aliphatic rings. The van der Waals surface area contributed by atoms with Gasteiger partial charge in [-0.3, -0.25) is 4.68 Å². The fourth-order valence-electron chi connectivity index (χ4n) is 1.88. The zero-order valence-electron chi connectivity index (χ0n) is 10.8. The van der Waals surface area contributed by atoms with E-state index in [1.165, 1.54) is 0 Å². The third-order valence-corrected chi connectivity index (χ3v) is 2.94. The molecule has 2 rings (SSSR count). The first kappa shape index (κ1) is 11.9. The number of aryl methyl sites for hydroxylation is 2. The summed E-state index contributed by atoms with van der Waals surface area (Å²) in [5.41, 5.74) is 2.06. The van der Waals surface area contributed by atoms with Gasteiger partial charge in [-0.1, -0.05) is 0 Å². The SMILES string of the molecule is CNC(C)Cc1ccc(-c2cn(C)nc2C)o1. The van der Waals surface area contributed by atoms with E-state index in [2.05, 4.69) is 17.3 Å². The Morgan fingerprint density at radius 1 is 1.47 bits per heavy atom. The van der Waals surface area contributed by atoms with Crippen LogP contribution in [0.25, 0.3) is 11.3 Å². The standard InChI is InChI=1S/C13H19N3O/c1-9(14-3)7-11-5-6-13(17-11)12-8-16(4)15-10(12)2/h5-6,8-9,14H,7H2,1-4H3. The van der Waals surface area contributed by atoms with Gasteiger partial charge in [-0.2, -0.15) is 5.10 Å². The Kier molecular flexibility index (Phi) is 3.33. The second-order valence-electron chi connectivity index (χ2n) is 4.46. The van der Waals surface area contributed by atoms with Crippen molar-refractivity contribution in [3.05, 3.63) is 29.8 Å². The van der Waals surface area contributed by atoms with Crippen molar-refractivity contribution in [2.24, 2.45) is 7.05 Å². The molecule has 0 aromatic carbocycles. The number of nitrogens with one attached hydrogen (secondary N) is 1. The highest BCUT2D eigenvalue weighted by molar-refractivity contribution is 5.59. The summed E-state index contributed by atoms with van der Waals surface area (Å²) in [6, 6.07) is 4.47. The summed E-state index contributed by atoms with van der Waals surface area (Å²) in [5, 5.41) is 7.52. The first-order valence-electron chi connectivity index (χ1n) is 5.86. The molecule has 2 heterocycles. The predicted octanol–water partition coefficient (Wildman–Crippen LogP) is 2.14. The van der Waals surface area contributed by atoms with Crippen molar-refractivity contribution in [3.8, 4) is 11.3 Å². The Morgan fingerprint density at radius 3 is 2.82 bits per heavy atom. The van der Waals surface area contributed by atoms with Crippen LogP contribution in [0.2, 0.25) is 0 Å². The molecule has 4 nitrogen and oxygen atoms in total. The van der Waals surface area contributed by atoms with Crippen molar-refractivity contribution >= 4 is 0 Å². The lowest BCUT2D eigenvalue weighted by atomic mass is 10.2. The number of aromatic nitrogens is 2. The lowest BCUT2D eigenvalue weighted by Gasteiger charge is -2.06. The van der Waals surface area contributed by atoms with Gasteiger partial charge < -0.3 is 9.73 Å². The molecule has 4 heteroatoms. The van der Waals surface area contributed by atoms with Crippen LogP contribution in [0, 0.1) is 6.92 Å². The van der Waals surface area contributed by atoms with Gasteiger partial charge in [-0.15, -0.1) is 0 Å². The maximum atomic E-state index is 5.84. The first-order valence-corrected chi connectivity index (χ1v) is 5.86. The lowest BCUT2D eigenvalue weighted by Crippen LogP contribution is -2.23. The number of hydrogen-bond acceptors (Lipinski definition) is 3. The van der Waals surface area contributed by atoms with Crippen LogP contribution in [0.4, 0.5) is 0 Å². The molecule has 0 aliphatic heterocycles. The molecule has 92 valence electrons. The fraction of sp³-hybridized carbons (Fsp3) is 0.462. The quantitative estimate of drug-likeness (QED) is 0.879. The van der Waals surface area contributed by atoms with Gasteiger partial charge in [0.05, 0.1) is 11.3 Å². The van der Waals surface area contributed by atoms with E-state index in [4.69, 9.17) is 4.42 Å². The number of furan rings is 1. The summed E-state index contributed by atoms with van der Waals surface area (Å²) >= 11 is 0. The van der Waals surface area contributed by atoms with Gasteiger partial charge >= 0.3 is 0 Å². The van der Waals surface area contributed by atoms with E-state index < -0.39 is 0 Å². The van der Waals surface area contributed by atoms with Crippen molar-refractivity contribution in [1.82, 2.24) is 15.1 Å². The van der Waals surface area contributed by atoms with Crippen LogP contribution in [-0.2, 0) is 13.5 Å². The monoisotopic (exact) mass is 233 g/mol. The number of rotatable bonds is 4. The zero-order valence-corrected chi connectivity index (χ0v) is 10.8. The zero-order chi connectivity index (χ0) is 12.4. The van der Waals surface area contributed by atoms with Crippen molar-refractivity contribution in [1.29, 1.82) is 0 Å². The second kappa shape index (κ2) is 4.75. The first-order chi connectivity index (χ1) is 8.10. The van der Waals surface area contributed by atoms with Crippen LogP contribution in [-0.4, -0.2) is 22.9 Å². The number of nitrogens with zero attached hydrogens (tertiary/aromatic N) is 2. The average molecular weight is 233 g/mol. The molecule has 0 radical (unpaired) electrons. The number of hydrogen-bond donors (Lipinski definition) is 1. The molecule has 1 atom stereocenters. The van der Waals surface area contributed by atoms with Gasteiger partial charge in [0.2, 0.25) is 0 Å². The molecule has 0 spiro atoms. The topological polar surface area (TPSA) is 43.0 Å². The smallest absolute Gasteiger partial charge is 0.137 e. The third kappa shape index (κ3) is 2.58. The Labute approximate surface area is 102 Å². The minimum absolute atomic E-state index is 0.420. The molecule has 0 bridgehead atoms. The van der Waals surface area contributed by atoms with Gasteiger partial charge in [0.25, 0.3) is 0 Å². The molecule has 0 fully saturated rings. The Morgan fingerprint density at radius 2 is 2.24 bits per heavy atom. The molecule has 1 N–H and O–H groups in total. The summed E-state index contributed by atoms with van der Waals surface area (Å²) in [6.45, 7) is 4.13. The molecule has 0 aliphatic carbocycles. The second-order valence-corrected chi connectivity index (χ2v) is 4.46. The van der Waals surface area contributed by atoms with E-state index in [1.54, 1.807) is 0 Å². The van der Waals surface area contributed by atoms with Crippen LogP contribution in [0.1, 0.15) is 18.4 Å². The van der Waals surface area contributed by atoms with Gasteiger partial charge in [-0.05, 0) is 33.0 Å². The molecular weight excluding hydrogens is 214 g/mol. The summed E-state index contributed by atoms with van der Waals surface area (Å²) in [4.78, 5) is 0. The van der Waals surface area contributed by atoms with Gasteiger partial charge in [0, 0.05) is 25.7 Å². The molecule has 0 saturated carbocycles. The van der Waals surface area contributed by atoms with Crippen LogP contribution in [0.5, 0.6) is 0 Å². The maximum Gasteiger partial charge on any atom is 0.137 e. The largest absolute Gasteiger partial charge is 0.461 e. The average Bonchev–Trinajstić information content (AvgIpc) is 2.85. The highest BCUT2D eigenvalue weighted by Crippen LogP contribution is 2.25. The van der Waals surface area contributed by atoms with E-state index >= 15 is 0 Å². The van der Waals surface area contributed by atoms with E-state index in [9.17, 15) is 0 Å². The van der Waals surface area contributed by atoms with E-state index in [0.29, 0.717) is 6.04 Å². The van der Waals surface area contributed by atoms with Gasteiger partial charge in [-0.25, -0.2) is 0 Å². The molecule has 0 saturated heterocycles. The molecular formula is C13H19N3O. The highest BCUT2D eigenvalue weighted by atomic mass is 16.3. The Balaban J connectivity index is 2.21.